The third kappa shape index (κ3) is 4.57. The maximum atomic E-state index is 13.5. The molecule has 0 aliphatic heterocycles. The van der Waals surface area contributed by atoms with E-state index in [1.54, 1.807) is 31.2 Å². The van der Waals surface area contributed by atoms with Crippen molar-refractivity contribution in [2.45, 2.75) is 33.7 Å². The topological polar surface area (TPSA) is 120 Å². The molecule has 0 fully saturated rings. The molecule has 0 radical (unpaired) electrons. The fourth-order valence-corrected chi connectivity index (χ4v) is 4.15. The van der Waals surface area contributed by atoms with E-state index in [0.717, 1.165) is 5.56 Å². The summed E-state index contributed by atoms with van der Waals surface area (Å²) in [5.41, 5.74) is 1.88. The molecule has 0 atom stereocenters. The van der Waals surface area contributed by atoms with Gasteiger partial charge in [-0.05, 0) is 42.5 Å². The summed E-state index contributed by atoms with van der Waals surface area (Å²) in [6.07, 6.45) is 0.338. The molecule has 1 amide bonds. The quantitative estimate of drug-likeness (QED) is 0.292. The summed E-state index contributed by atoms with van der Waals surface area (Å²) in [7, 11) is 0. The summed E-state index contributed by atoms with van der Waals surface area (Å²) in [5.74, 6) is -1.83. The van der Waals surface area contributed by atoms with Gasteiger partial charge in [0.05, 0.1) is 5.56 Å². The van der Waals surface area contributed by atoms with Gasteiger partial charge in [-0.25, -0.2) is 0 Å². The molecule has 0 unspecified atom stereocenters. The van der Waals surface area contributed by atoms with Gasteiger partial charge in [-0.15, -0.1) is 0 Å². The van der Waals surface area contributed by atoms with E-state index >= 15 is 0 Å². The van der Waals surface area contributed by atoms with Crippen LogP contribution in [0, 0.1) is 12.8 Å². The number of aryl methyl sites for hydroxylation is 1. The Bertz CT molecular complexity index is 1450. The number of carbonyl (C=O) groups excluding carboxylic acids is 1. The number of phenols is 3. The lowest BCUT2D eigenvalue weighted by Gasteiger charge is -2.15. The Hall–Kier alpha value is -4.26. The number of benzene rings is 3. The summed E-state index contributed by atoms with van der Waals surface area (Å²) >= 11 is 0. The van der Waals surface area contributed by atoms with Crippen molar-refractivity contribution in [3.05, 3.63) is 87.3 Å². The van der Waals surface area contributed by atoms with Crippen molar-refractivity contribution in [3.8, 4) is 28.4 Å². The first-order valence-electron chi connectivity index (χ1n) is 11.3. The molecule has 4 rings (SSSR count). The van der Waals surface area contributed by atoms with Crippen LogP contribution in [-0.2, 0) is 13.0 Å². The SMILES string of the molecule is Cc1oc2c(CC(C)C)c(O)c(O)c(O)c2c(=O)c1-c1ccc(C(=O)NCc2ccccc2)cc1. The molecule has 0 aliphatic carbocycles. The molecule has 4 N–H and O–H groups in total. The van der Waals surface area contributed by atoms with Crippen molar-refractivity contribution < 1.29 is 24.5 Å². The van der Waals surface area contributed by atoms with E-state index in [2.05, 4.69) is 5.32 Å². The number of phenolic OH excluding ortho intramolecular Hbond substituents is 3. The Labute approximate surface area is 202 Å². The standard InChI is InChI=1S/C28H27NO6/c1-15(2)13-20-23(30)26(33)25(32)22-24(31)21(16(3)35-27(20)22)18-9-11-19(12-10-18)28(34)29-14-17-7-5-4-6-8-17/h4-12,15,30,32-33H,13-14H2,1-3H3,(H,29,34). The molecular formula is C28H27NO6. The van der Waals surface area contributed by atoms with Gasteiger partial charge in [0.2, 0.25) is 11.2 Å². The Morgan fingerprint density at radius 3 is 2.23 bits per heavy atom. The molecule has 1 aromatic heterocycles. The van der Waals surface area contributed by atoms with Gasteiger partial charge in [0.1, 0.15) is 16.7 Å². The number of fused-ring (bicyclic) bond motifs is 1. The fourth-order valence-electron chi connectivity index (χ4n) is 4.15. The lowest BCUT2D eigenvalue weighted by molar-refractivity contribution is 0.0951. The number of hydrogen-bond donors (Lipinski definition) is 4. The predicted molar refractivity (Wildman–Crippen MR) is 134 cm³/mol. The molecule has 180 valence electrons. The van der Waals surface area contributed by atoms with Crippen molar-refractivity contribution in [2.24, 2.45) is 5.92 Å². The molecule has 0 aliphatic rings. The zero-order chi connectivity index (χ0) is 25.3. The second-order valence-electron chi connectivity index (χ2n) is 8.93. The molecule has 0 saturated heterocycles. The average Bonchev–Trinajstić information content (AvgIpc) is 2.84. The molecule has 0 bridgehead atoms. The van der Waals surface area contributed by atoms with Gasteiger partial charge in [-0.3, -0.25) is 9.59 Å². The minimum atomic E-state index is -0.749. The van der Waals surface area contributed by atoms with Gasteiger partial charge in [0.15, 0.2) is 11.5 Å². The molecule has 0 spiro atoms. The minimum Gasteiger partial charge on any atom is -0.504 e. The maximum absolute atomic E-state index is 13.5. The molecule has 7 nitrogen and oxygen atoms in total. The number of amides is 1. The van der Waals surface area contributed by atoms with Gasteiger partial charge in [0.25, 0.3) is 5.91 Å². The largest absolute Gasteiger partial charge is 0.504 e. The smallest absolute Gasteiger partial charge is 0.251 e. The number of aromatic hydroxyl groups is 3. The Kier molecular flexibility index (Phi) is 6.51. The second kappa shape index (κ2) is 9.54. The van der Waals surface area contributed by atoms with Crippen molar-refractivity contribution in [1.29, 1.82) is 0 Å². The van der Waals surface area contributed by atoms with E-state index < -0.39 is 22.7 Å². The predicted octanol–water partition coefficient (Wildman–Crippen LogP) is 5.01. The van der Waals surface area contributed by atoms with Crippen LogP contribution in [0.1, 0.15) is 41.1 Å². The van der Waals surface area contributed by atoms with Gasteiger partial charge in [-0.1, -0.05) is 56.3 Å². The van der Waals surface area contributed by atoms with Crippen molar-refractivity contribution >= 4 is 16.9 Å². The molecule has 3 aromatic carbocycles. The van der Waals surface area contributed by atoms with E-state index in [0.29, 0.717) is 29.9 Å². The van der Waals surface area contributed by atoms with Crippen LogP contribution in [-0.4, -0.2) is 21.2 Å². The number of nitrogens with one attached hydrogen (secondary N) is 1. The fraction of sp³-hybridized carbons (Fsp3) is 0.214. The first kappa shape index (κ1) is 23.9. The highest BCUT2D eigenvalue weighted by Gasteiger charge is 2.26. The van der Waals surface area contributed by atoms with E-state index in [4.69, 9.17) is 4.42 Å². The van der Waals surface area contributed by atoms with Crippen molar-refractivity contribution in [3.63, 3.8) is 0 Å². The monoisotopic (exact) mass is 473 g/mol. The number of hydrogen-bond acceptors (Lipinski definition) is 6. The third-order valence-corrected chi connectivity index (χ3v) is 5.88. The average molecular weight is 474 g/mol. The van der Waals surface area contributed by atoms with Gasteiger partial charge in [-0.2, -0.15) is 0 Å². The number of rotatable bonds is 6. The van der Waals surface area contributed by atoms with E-state index in [1.165, 1.54) is 0 Å². The lowest BCUT2D eigenvalue weighted by atomic mass is 9.95. The summed E-state index contributed by atoms with van der Waals surface area (Å²) in [4.78, 5) is 26.0. The minimum absolute atomic E-state index is 0.0506. The van der Waals surface area contributed by atoms with E-state index in [9.17, 15) is 24.9 Å². The van der Waals surface area contributed by atoms with E-state index in [-0.39, 0.29) is 33.9 Å². The summed E-state index contributed by atoms with van der Waals surface area (Å²) < 4.78 is 5.93. The van der Waals surface area contributed by atoms with Gasteiger partial charge < -0.3 is 25.1 Å². The number of carbonyl (C=O) groups is 1. The molecule has 0 saturated carbocycles. The van der Waals surface area contributed by atoms with Crippen LogP contribution in [0.25, 0.3) is 22.1 Å². The van der Waals surface area contributed by atoms with Crippen LogP contribution in [0.15, 0.2) is 63.8 Å². The molecule has 1 heterocycles. The van der Waals surface area contributed by atoms with Crippen molar-refractivity contribution in [1.82, 2.24) is 5.32 Å². The van der Waals surface area contributed by atoms with Crippen LogP contribution in [0.4, 0.5) is 0 Å². The zero-order valence-corrected chi connectivity index (χ0v) is 19.8. The maximum Gasteiger partial charge on any atom is 0.251 e. The third-order valence-electron chi connectivity index (χ3n) is 5.88. The Morgan fingerprint density at radius 2 is 1.60 bits per heavy atom. The van der Waals surface area contributed by atoms with Crippen LogP contribution in [0.3, 0.4) is 0 Å². The highest BCUT2D eigenvalue weighted by atomic mass is 16.3. The summed E-state index contributed by atoms with van der Waals surface area (Å²) in [6, 6.07) is 16.0. The Morgan fingerprint density at radius 1 is 0.943 bits per heavy atom. The first-order chi connectivity index (χ1) is 16.7. The summed E-state index contributed by atoms with van der Waals surface area (Å²) in [6.45, 7) is 5.86. The van der Waals surface area contributed by atoms with Gasteiger partial charge >= 0.3 is 0 Å². The Balaban J connectivity index is 1.72. The van der Waals surface area contributed by atoms with Crippen LogP contribution < -0.4 is 10.7 Å². The normalized spacial score (nSPS) is 11.2. The van der Waals surface area contributed by atoms with E-state index in [1.807, 2.05) is 44.2 Å². The first-order valence-corrected chi connectivity index (χ1v) is 11.3. The molecular weight excluding hydrogens is 446 g/mol. The second-order valence-corrected chi connectivity index (χ2v) is 8.93. The zero-order valence-electron chi connectivity index (χ0n) is 19.8. The summed E-state index contributed by atoms with van der Waals surface area (Å²) in [5, 5.41) is 33.8. The highest BCUT2D eigenvalue weighted by Crippen LogP contribution is 2.45. The molecule has 7 heteroatoms. The van der Waals surface area contributed by atoms with Gasteiger partial charge in [0, 0.05) is 17.7 Å². The molecule has 35 heavy (non-hydrogen) atoms. The highest BCUT2D eigenvalue weighted by molar-refractivity contribution is 5.96. The molecule has 4 aromatic rings. The van der Waals surface area contributed by atoms with Crippen LogP contribution in [0.5, 0.6) is 17.2 Å². The van der Waals surface area contributed by atoms with Crippen molar-refractivity contribution in [2.75, 3.05) is 0 Å². The lowest BCUT2D eigenvalue weighted by Crippen LogP contribution is -2.22. The van der Waals surface area contributed by atoms with Crippen LogP contribution >= 0.6 is 0 Å². The van der Waals surface area contributed by atoms with Crippen LogP contribution in [0.2, 0.25) is 0 Å².